The number of ether oxygens (including phenoxy) is 1. The van der Waals surface area contributed by atoms with Crippen molar-refractivity contribution in [2.75, 3.05) is 25.2 Å². The summed E-state index contributed by atoms with van der Waals surface area (Å²) in [4.78, 5) is 25.8. The van der Waals surface area contributed by atoms with E-state index >= 15 is 0 Å². The van der Waals surface area contributed by atoms with E-state index in [0.717, 1.165) is 4.91 Å². The topological polar surface area (TPSA) is 79.5 Å². The number of carbonyl (C=O) groups excluding carboxylic acids is 2. The van der Waals surface area contributed by atoms with Crippen LogP contribution in [0.15, 0.2) is 53.6 Å². The maximum Gasteiger partial charge on any atom is 0.259 e. The van der Waals surface area contributed by atoms with Gasteiger partial charge in [0.15, 0.2) is 5.75 Å². The molecular formula is C19H19N3O3S. The molecule has 0 radical (unpaired) electrons. The average Bonchev–Trinajstić information content (AvgIpc) is 2.80. The summed E-state index contributed by atoms with van der Waals surface area (Å²) in [6.45, 7) is 0.423. The van der Waals surface area contributed by atoms with Crippen LogP contribution >= 0.6 is 11.8 Å². The largest absolute Gasteiger partial charge is 0.454 e. The number of fused-ring (bicyclic) bond motifs is 2. The van der Waals surface area contributed by atoms with Crippen LogP contribution in [0.2, 0.25) is 0 Å². The van der Waals surface area contributed by atoms with Gasteiger partial charge >= 0.3 is 0 Å². The monoisotopic (exact) mass is 369 g/mol. The molecule has 3 N–H and O–H groups in total. The quantitative estimate of drug-likeness (QED) is 0.754. The number of thioether (sulfide) groups is 1. The van der Waals surface area contributed by atoms with E-state index in [4.69, 9.17) is 4.74 Å². The van der Waals surface area contributed by atoms with Gasteiger partial charge in [-0.3, -0.25) is 9.59 Å². The van der Waals surface area contributed by atoms with E-state index < -0.39 is 0 Å². The van der Waals surface area contributed by atoms with Crippen molar-refractivity contribution < 1.29 is 14.3 Å². The van der Waals surface area contributed by atoms with Crippen LogP contribution in [0, 0.1) is 0 Å². The number of carbonyl (C=O) groups is 2. The number of benzene rings is 2. The zero-order valence-corrected chi connectivity index (χ0v) is 15.3. The minimum Gasteiger partial charge on any atom is -0.454 e. The Morgan fingerprint density at radius 2 is 2.04 bits per heavy atom. The second-order valence-electron chi connectivity index (χ2n) is 5.55. The van der Waals surface area contributed by atoms with Crippen LogP contribution < -0.4 is 20.7 Å². The zero-order valence-electron chi connectivity index (χ0n) is 14.5. The summed E-state index contributed by atoms with van der Waals surface area (Å²) in [5, 5.41) is 8.61. The number of nitrogens with one attached hydrogen (secondary N) is 3. The first-order valence-electron chi connectivity index (χ1n) is 8.03. The van der Waals surface area contributed by atoms with Crippen molar-refractivity contribution in [1.29, 1.82) is 0 Å². The van der Waals surface area contributed by atoms with Crippen LogP contribution in [-0.4, -0.2) is 31.7 Å². The van der Waals surface area contributed by atoms with E-state index in [1.54, 1.807) is 54.2 Å². The summed E-state index contributed by atoms with van der Waals surface area (Å²) in [5.74, 6) is 0.501. The van der Waals surface area contributed by atoms with Gasteiger partial charge in [-0.1, -0.05) is 12.1 Å². The smallest absolute Gasteiger partial charge is 0.259 e. The minimum absolute atomic E-state index is 0.222. The van der Waals surface area contributed by atoms with Crippen LogP contribution in [0.5, 0.6) is 11.5 Å². The van der Waals surface area contributed by atoms with Gasteiger partial charge in [-0.15, -0.1) is 11.8 Å². The van der Waals surface area contributed by atoms with Gasteiger partial charge in [0.2, 0.25) is 0 Å². The fraction of sp³-hybridized carbons (Fsp3) is 0.158. The third kappa shape index (κ3) is 3.83. The molecule has 0 bridgehead atoms. The minimum atomic E-state index is -0.265. The molecule has 26 heavy (non-hydrogen) atoms. The van der Waals surface area contributed by atoms with Crippen LogP contribution in [0.4, 0.5) is 5.69 Å². The van der Waals surface area contributed by atoms with E-state index in [0.29, 0.717) is 34.9 Å². The molecule has 134 valence electrons. The van der Waals surface area contributed by atoms with Gasteiger partial charge in [0.25, 0.3) is 11.8 Å². The molecule has 0 fully saturated rings. The van der Waals surface area contributed by atoms with Crippen molar-refractivity contribution in [3.63, 3.8) is 0 Å². The maximum absolute atomic E-state index is 12.4. The summed E-state index contributed by atoms with van der Waals surface area (Å²) < 4.78 is 5.82. The maximum atomic E-state index is 12.4. The molecule has 2 aromatic rings. The lowest BCUT2D eigenvalue weighted by Gasteiger charge is -2.11. The van der Waals surface area contributed by atoms with Gasteiger partial charge in [0.05, 0.1) is 17.8 Å². The Kier molecular flexibility index (Phi) is 5.48. The lowest BCUT2D eigenvalue weighted by molar-refractivity contribution is 0.0956. The first-order chi connectivity index (χ1) is 12.6. The number of hydrogen-bond acceptors (Lipinski definition) is 5. The van der Waals surface area contributed by atoms with Crippen LogP contribution in [0.25, 0.3) is 0 Å². The second-order valence-corrected chi connectivity index (χ2v) is 6.48. The average molecular weight is 369 g/mol. The summed E-state index contributed by atoms with van der Waals surface area (Å²) in [5.41, 5.74) is 1.37. The molecule has 1 heterocycles. The predicted molar refractivity (Wildman–Crippen MR) is 104 cm³/mol. The van der Waals surface area contributed by atoms with Crippen molar-refractivity contribution in [3.8, 4) is 11.5 Å². The molecule has 6 nitrogen and oxygen atoms in total. The molecule has 2 aromatic carbocycles. The predicted octanol–water partition coefficient (Wildman–Crippen LogP) is 3.20. The van der Waals surface area contributed by atoms with E-state index in [9.17, 15) is 9.59 Å². The Hall–Kier alpha value is -2.93. The molecule has 0 spiro atoms. The van der Waals surface area contributed by atoms with Crippen molar-refractivity contribution in [1.82, 2.24) is 10.6 Å². The Morgan fingerprint density at radius 1 is 1.23 bits per heavy atom. The van der Waals surface area contributed by atoms with Crippen LogP contribution in [0.1, 0.15) is 20.7 Å². The standard InChI is InChI=1S/C19H19N3O3S/c1-20-10-13(26-2)11-21-18(23)12-7-8-17-15(9-12)22-19(24)14-5-3-4-6-16(14)25-17/h3-10,20H,11H2,1-2H3,(H,21,23)(H,22,24)/b13-10-. The SMILES string of the molecule is CN/C=C(/CNC(=O)c1ccc2c(c1)NC(=O)c1ccccc1O2)SC. The molecule has 0 saturated heterocycles. The normalized spacial score (nSPS) is 12.8. The number of amides is 2. The Labute approximate surface area is 156 Å². The molecule has 2 amide bonds. The summed E-state index contributed by atoms with van der Waals surface area (Å²) in [7, 11) is 1.81. The van der Waals surface area contributed by atoms with Crippen LogP contribution in [-0.2, 0) is 0 Å². The van der Waals surface area contributed by atoms with E-state index in [1.807, 2.05) is 19.5 Å². The number of hydrogen-bond donors (Lipinski definition) is 3. The Balaban J connectivity index is 1.79. The summed E-state index contributed by atoms with van der Waals surface area (Å²) in [6.07, 6.45) is 3.79. The van der Waals surface area contributed by atoms with Crippen molar-refractivity contribution in [2.24, 2.45) is 0 Å². The molecule has 0 aliphatic carbocycles. The zero-order chi connectivity index (χ0) is 18.5. The van der Waals surface area contributed by atoms with Gasteiger partial charge < -0.3 is 20.7 Å². The highest BCUT2D eigenvalue weighted by Gasteiger charge is 2.21. The van der Waals surface area contributed by atoms with Gasteiger partial charge in [0, 0.05) is 23.7 Å². The second kappa shape index (κ2) is 7.97. The van der Waals surface area contributed by atoms with E-state index in [1.165, 1.54) is 0 Å². The highest BCUT2D eigenvalue weighted by Crippen LogP contribution is 2.35. The van der Waals surface area contributed by atoms with Gasteiger partial charge in [0.1, 0.15) is 5.75 Å². The lowest BCUT2D eigenvalue weighted by Crippen LogP contribution is -2.25. The van der Waals surface area contributed by atoms with Crippen LogP contribution in [0.3, 0.4) is 0 Å². The molecule has 1 aliphatic rings. The van der Waals surface area contributed by atoms with Gasteiger partial charge in [-0.05, 0) is 36.6 Å². The fourth-order valence-electron chi connectivity index (χ4n) is 2.52. The molecule has 3 rings (SSSR count). The van der Waals surface area contributed by atoms with E-state index in [-0.39, 0.29) is 11.8 Å². The molecule has 0 saturated carbocycles. The number of anilines is 1. The van der Waals surface area contributed by atoms with Gasteiger partial charge in [-0.2, -0.15) is 0 Å². The molecule has 0 aromatic heterocycles. The van der Waals surface area contributed by atoms with Crippen molar-refractivity contribution in [2.45, 2.75) is 0 Å². The number of para-hydroxylation sites is 1. The Morgan fingerprint density at radius 3 is 2.81 bits per heavy atom. The summed E-state index contributed by atoms with van der Waals surface area (Å²) >= 11 is 1.56. The molecule has 0 unspecified atom stereocenters. The number of rotatable bonds is 5. The van der Waals surface area contributed by atoms with Crippen molar-refractivity contribution >= 4 is 29.3 Å². The third-order valence-electron chi connectivity index (χ3n) is 3.83. The van der Waals surface area contributed by atoms with Gasteiger partial charge in [-0.25, -0.2) is 0 Å². The molecule has 7 heteroatoms. The van der Waals surface area contributed by atoms with E-state index in [2.05, 4.69) is 16.0 Å². The molecule has 1 aliphatic heterocycles. The molecular weight excluding hydrogens is 350 g/mol. The third-order valence-corrected chi connectivity index (χ3v) is 4.62. The summed E-state index contributed by atoms with van der Waals surface area (Å²) in [6, 6.07) is 12.0. The fourth-order valence-corrected chi connectivity index (χ4v) is 2.97. The first kappa shape index (κ1) is 17.9. The highest BCUT2D eigenvalue weighted by atomic mass is 32.2. The van der Waals surface area contributed by atoms with Crippen molar-refractivity contribution in [3.05, 3.63) is 64.7 Å². The lowest BCUT2D eigenvalue weighted by atomic mass is 10.1. The molecule has 0 atom stereocenters. The Bertz CT molecular complexity index is 880. The highest BCUT2D eigenvalue weighted by molar-refractivity contribution is 8.02. The first-order valence-corrected chi connectivity index (χ1v) is 9.25.